The lowest BCUT2D eigenvalue weighted by atomic mass is 10.3. The van der Waals surface area contributed by atoms with Crippen molar-refractivity contribution in [3.8, 4) is 0 Å². The van der Waals surface area contributed by atoms with Gasteiger partial charge in [-0.15, -0.1) is 0 Å². The van der Waals surface area contributed by atoms with E-state index in [0.717, 1.165) is 29.9 Å². The molecule has 0 amide bonds. The number of fused-ring (bicyclic) bond motifs is 1. The summed E-state index contributed by atoms with van der Waals surface area (Å²) in [7, 11) is 0. The van der Waals surface area contributed by atoms with Gasteiger partial charge in [0.1, 0.15) is 5.52 Å². The molecule has 2 aromatic rings. The summed E-state index contributed by atoms with van der Waals surface area (Å²) < 4.78 is 0. The molecule has 3 N–H and O–H groups in total. The van der Waals surface area contributed by atoms with Crippen molar-refractivity contribution < 1.29 is 0 Å². The lowest BCUT2D eigenvalue weighted by molar-refractivity contribution is 0.735. The molecule has 0 aliphatic carbocycles. The SMILES string of the molecule is CSCCNCc1c[nH]c2c(=O)[nH]cnc12. The number of nitrogens with zero attached hydrogens (tertiary/aromatic N) is 1. The Balaban J connectivity index is 2.13. The lowest BCUT2D eigenvalue weighted by Gasteiger charge is -2.01. The summed E-state index contributed by atoms with van der Waals surface area (Å²) in [4.78, 5) is 21.1. The van der Waals surface area contributed by atoms with E-state index in [1.54, 1.807) is 11.8 Å². The summed E-state index contributed by atoms with van der Waals surface area (Å²) in [5.74, 6) is 1.08. The van der Waals surface area contributed by atoms with Crippen LogP contribution in [0.2, 0.25) is 0 Å². The molecule has 0 radical (unpaired) electrons. The van der Waals surface area contributed by atoms with Gasteiger partial charge in [0, 0.05) is 30.6 Å². The molecule has 0 aliphatic heterocycles. The molecule has 2 rings (SSSR count). The molecule has 86 valence electrons. The Morgan fingerprint density at radius 2 is 2.38 bits per heavy atom. The zero-order chi connectivity index (χ0) is 11.4. The van der Waals surface area contributed by atoms with Crippen LogP contribution in [-0.2, 0) is 6.54 Å². The fourth-order valence-corrected chi connectivity index (χ4v) is 1.89. The van der Waals surface area contributed by atoms with Crippen LogP contribution in [0.1, 0.15) is 5.56 Å². The fraction of sp³-hybridized carbons (Fsp3) is 0.400. The summed E-state index contributed by atoms with van der Waals surface area (Å²) in [5.41, 5.74) is 2.20. The normalized spacial score (nSPS) is 11.1. The van der Waals surface area contributed by atoms with E-state index in [1.165, 1.54) is 6.33 Å². The molecule has 6 heteroatoms. The van der Waals surface area contributed by atoms with Gasteiger partial charge in [-0.1, -0.05) is 0 Å². The van der Waals surface area contributed by atoms with Crippen LogP contribution in [0.25, 0.3) is 11.0 Å². The smallest absolute Gasteiger partial charge is 0.275 e. The number of aromatic amines is 2. The summed E-state index contributed by atoms with van der Waals surface area (Å²) in [5, 5.41) is 3.31. The van der Waals surface area contributed by atoms with Gasteiger partial charge >= 0.3 is 0 Å². The Kier molecular flexibility index (Phi) is 3.63. The zero-order valence-electron chi connectivity index (χ0n) is 9.04. The molecule has 5 nitrogen and oxygen atoms in total. The van der Waals surface area contributed by atoms with Gasteiger partial charge in [-0.25, -0.2) is 4.98 Å². The van der Waals surface area contributed by atoms with E-state index in [1.807, 2.05) is 6.20 Å². The van der Waals surface area contributed by atoms with Gasteiger partial charge in [0.15, 0.2) is 0 Å². The molecule has 2 aromatic heterocycles. The van der Waals surface area contributed by atoms with E-state index < -0.39 is 0 Å². The minimum Gasteiger partial charge on any atom is -0.355 e. The highest BCUT2D eigenvalue weighted by atomic mass is 32.2. The molecule has 0 atom stereocenters. The highest BCUT2D eigenvalue weighted by Gasteiger charge is 2.06. The number of aromatic nitrogens is 3. The number of nitrogens with one attached hydrogen (secondary N) is 3. The summed E-state index contributed by atoms with van der Waals surface area (Å²) >= 11 is 1.80. The summed E-state index contributed by atoms with van der Waals surface area (Å²) in [6, 6.07) is 0. The van der Waals surface area contributed by atoms with Crippen molar-refractivity contribution in [2.75, 3.05) is 18.6 Å². The van der Waals surface area contributed by atoms with Gasteiger partial charge in [0.25, 0.3) is 5.56 Å². The first-order valence-electron chi connectivity index (χ1n) is 5.06. The van der Waals surface area contributed by atoms with Gasteiger partial charge in [0.2, 0.25) is 0 Å². The van der Waals surface area contributed by atoms with Crippen molar-refractivity contribution in [1.29, 1.82) is 0 Å². The van der Waals surface area contributed by atoms with Gasteiger partial charge in [0.05, 0.1) is 11.8 Å². The molecular formula is C10H14N4OS. The van der Waals surface area contributed by atoms with Gasteiger partial charge < -0.3 is 15.3 Å². The van der Waals surface area contributed by atoms with Crippen LogP contribution in [0, 0.1) is 0 Å². The van der Waals surface area contributed by atoms with Crippen LogP contribution in [0.15, 0.2) is 17.3 Å². The van der Waals surface area contributed by atoms with Crippen LogP contribution >= 0.6 is 11.8 Å². The third-order valence-electron chi connectivity index (χ3n) is 2.35. The van der Waals surface area contributed by atoms with Crippen LogP contribution in [0.5, 0.6) is 0 Å². The van der Waals surface area contributed by atoms with Crippen molar-refractivity contribution in [2.45, 2.75) is 6.54 Å². The minimum absolute atomic E-state index is 0.125. The lowest BCUT2D eigenvalue weighted by Crippen LogP contribution is -2.16. The zero-order valence-corrected chi connectivity index (χ0v) is 9.86. The first kappa shape index (κ1) is 11.2. The molecule has 0 spiro atoms. The van der Waals surface area contributed by atoms with E-state index in [9.17, 15) is 4.79 Å². The quantitative estimate of drug-likeness (QED) is 0.671. The predicted molar refractivity (Wildman–Crippen MR) is 66.8 cm³/mol. The van der Waals surface area contributed by atoms with Crippen LogP contribution in [0.3, 0.4) is 0 Å². The van der Waals surface area contributed by atoms with Crippen LogP contribution in [0.4, 0.5) is 0 Å². The van der Waals surface area contributed by atoms with E-state index in [2.05, 4.69) is 26.5 Å². The Morgan fingerprint density at radius 1 is 1.50 bits per heavy atom. The summed E-state index contributed by atoms with van der Waals surface area (Å²) in [6.07, 6.45) is 5.34. The average Bonchev–Trinajstić information content (AvgIpc) is 2.70. The molecule has 0 bridgehead atoms. The second kappa shape index (κ2) is 5.18. The third-order valence-corrected chi connectivity index (χ3v) is 2.96. The molecule has 2 heterocycles. The molecule has 0 fully saturated rings. The molecule has 0 saturated carbocycles. The van der Waals surface area contributed by atoms with Crippen LogP contribution < -0.4 is 10.9 Å². The molecule has 0 saturated heterocycles. The largest absolute Gasteiger partial charge is 0.355 e. The molecule has 0 aromatic carbocycles. The topological polar surface area (TPSA) is 73.6 Å². The Hall–Kier alpha value is -1.27. The van der Waals surface area contributed by atoms with E-state index >= 15 is 0 Å². The second-order valence-electron chi connectivity index (χ2n) is 3.44. The first-order chi connectivity index (χ1) is 7.83. The molecule has 0 aliphatic rings. The Labute approximate surface area is 97.1 Å². The van der Waals surface area contributed by atoms with Gasteiger partial charge in [-0.2, -0.15) is 11.8 Å². The highest BCUT2D eigenvalue weighted by Crippen LogP contribution is 2.10. The average molecular weight is 238 g/mol. The van der Waals surface area contributed by atoms with E-state index in [4.69, 9.17) is 0 Å². The number of hydrogen-bond acceptors (Lipinski definition) is 4. The number of H-pyrrole nitrogens is 2. The number of thioether (sulfide) groups is 1. The maximum atomic E-state index is 11.4. The van der Waals surface area contributed by atoms with Gasteiger partial charge in [-0.3, -0.25) is 4.79 Å². The second-order valence-corrected chi connectivity index (χ2v) is 4.42. The monoisotopic (exact) mass is 238 g/mol. The third kappa shape index (κ3) is 2.28. The summed E-state index contributed by atoms with van der Waals surface area (Å²) in [6.45, 7) is 1.69. The Morgan fingerprint density at radius 3 is 3.19 bits per heavy atom. The van der Waals surface area contributed by atoms with Crippen molar-refractivity contribution in [3.05, 3.63) is 28.4 Å². The molecule has 16 heavy (non-hydrogen) atoms. The molecule has 0 unspecified atom stereocenters. The van der Waals surface area contributed by atoms with Crippen molar-refractivity contribution >= 4 is 22.8 Å². The fourth-order valence-electron chi connectivity index (χ4n) is 1.54. The van der Waals surface area contributed by atoms with Crippen molar-refractivity contribution in [2.24, 2.45) is 0 Å². The van der Waals surface area contributed by atoms with E-state index in [0.29, 0.717) is 5.52 Å². The standard InChI is InChI=1S/C10H14N4OS/c1-16-3-2-11-4-7-5-12-9-8(7)13-6-14-10(9)15/h5-6,11-12H,2-4H2,1H3,(H,13,14,15). The van der Waals surface area contributed by atoms with Gasteiger partial charge in [-0.05, 0) is 6.26 Å². The predicted octanol–water partition coefficient (Wildman–Crippen LogP) is 0.704. The van der Waals surface area contributed by atoms with Crippen molar-refractivity contribution in [1.82, 2.24) is 20.3 Å². The highest BCUT2D eigenvalue weighted by molar-refractivity contribution is 7.98. The molecular weight excluding hydrogens is 224 g/mol. The van der Waals surface area contributed by atoms with Crippen molar-refractivity contribution in [3.63, 3.8) is 0 Å². The maximum absolute atomic E-state index is 11.4. The van der Waals surface area contributed by atoms with Crippen LogP contribution in [-0.4, -0.2) is 33.5 Å². The van der Waals surface area contributed by atoms with E-state index in [-0.39, 0.29) is 5.56 Å². The number of hydrogen-bond donors (Lipinski definition) is 3. The Bertz CT molecular complexity index is 519. The first-order valence-corrected chi connectivity index (χ1v) is 6.45. The maximum Gasteiger partial charge on any atom is 0.275 e. The minimum atomic E-state index is -0.125. The number of rotatable bonds is 5.